The van der Waals surface area contributed by atoms with Crippen LogP contribution < -0.4 is 0 Å². The van der Waals surface area contributed by atoms with E-state index < -0.39 is 17.6 Å². The maximum Gasteiger partial charge on any atom is 0.0918 e. The lowest BCUT2D eigenvalue weighted by Gasteiger charge is -2.35. The molecule has 3 rings (SSSR count). The van der Waals surface area contributed by atoms with Crippen LogP contribution in [0.5, 0.6) is 0 Å². The Morgan fingerprint density at radius 3 is 1.79 bits per heavy atom. The largest absolute Gasteiger partial charge is 0.387 e. The molecule has 1 aliphatic carbocycles. The molecule has 19 heavy (non-hydrogen) atoms. The van der Waals surface area contributed by atoms with Gasteiger partial charge in [-0.3, -0.25) is 0 Å². The molecular formula is C17H18O2. The van der Waals surface area contributed by atoms with Gasteiger partial charge in [-0.2, -0.15) is 0 Å². The van der Waals surface area contributed by atoms with Crippen molar-refractivity contribution in [2.45, 2.75) is 31.0 Å². The van der Waals surface area contributed by atoms with Gasteiger partial charge in [0.2, 0.25) is 0 Å². The molecular weight excluding hydrogens is 236 g/mol. The summed E-state index contributed by atoms with van der Waals surface area (Å²) in [4.78, 5) is 0. The van der Waals surface area contributed by atoms with Gasteiger partial charge >= 0.3 is 0 Å². The van der Waals surface area contributed by atoms with E-state index in [4.69, 9.17) is 0 Å². The second-order valence-corrected chi connectivity index (χ2v) is 5.19. The van der Waals surface area contributed by atoms with Gasteiger partial charge in [0.05, 0.1) is 17.6 Å². The molecule has 0 aliphatic heterocycles. The lowest BCUT2D eigenvalue weighted by molar-refractivity contribution is 0.000900. The van der Waals surface area contributed by atoms with E-state index in [1.807, 2.05) is 61.5 Å². The molecule has 2 aromatic rings. The van der Waals surface area contributed by atoms with E-state index in [0.717, 1.165) is 16.7 Å². The Morgan fingerprint density at radius 2 is 1.32 bits per heavy atom. The Morgan fingerprint density at radius 1 is 0.842 bits per heavy atom. The quantitative estimate of drug-likeness (QED) is 0.864. The van der Waals surface area contributed by atoms with Crippen LogP contribution >= 0.6 is 0 Å². The zero-order valence-corrected chi connectivity index (χ0v) is 11.0. The van der Waals surface area contributed by atoms with E-state index in [1.54, 1.807) is 0 Å². The molecule has 2 heteroatoms. The molecule has 0 aromatic heterocycles. The topological polar surface area (TPSA) is 40.5 Å². The summed E-state index contributed by atoms with van der Waals surface area (Å²) in [5.74, 6) is 0. The van der Waals surface area contributed by atoms with Crippen molar-refractivity contribution in [1.82, 2.24) is 0 Å². The van der Waals surface area contributed by atoms with E-state index in [2.05, 4.69) is 0 Å². The maximum absolute atomic E-state index is 10.8. The molecule has 0 bridgehead atoms. The molecule has 0 fully saturated rings. The lowest BCUT2D eigenvalue weighted by atomic mass is 9.72. The van der Waals surface area contributed by atoms with Gasteiger partial charge in [-0.1, -0.05) is 61.5 Å². The van der Waals surface area contributed by atoms with Crippen LogP contribution in [0.2, 0.25) is 0 Å². The fourth-order valence-corrected chi connectivity index (χ4v) is 3.37. The van der Waals surface area contributed by atoms with E-state index in [-0.39, 0.29) is 0 Å². The van der Waals surface area contributed by atoms with E-state index in [9.17, 15) is 10.2 Å². The van der Waals surface area contributed by atoms with Gasteiger partial charge in [0.15, 0.2) is 0 Å². The third-order valence-corrected chi connectivity index (χ3v) is 4.46. The fourth-order valence-electron chi connectivity index (χ4n) is 3.37. The van der Waals surface area contributed by atoms with Gasteiger partial charge in [-0.15, -0.1) is 0 Å². The van der Waals surface area contributed by atoms with Gasteiger partial charge in [0, 0.05) is 0 Å². The van der Waals surface area contributed by atoms with Gasteiger partial charge < -0.3 is 10.2 Å². The number of fused-ring (bicyclic) bond motifs is 1. The summed E-state index contributed by atoms with van der Waals surface area (Å²) in [7, 11) is 0. The minimum Gasteiger partial charge on any atom is -0.387 e. The molecule has 98 valence electrons. The predicted molar refractivity (Wildman–Crippen MR) is 74.8 cm³/mol. The van der Waals surface area contributed by atoms with E-state index >= 15 is 0 Å². The van der Waals surface area contributed by atoms with Crippen LogP contribution in [0.1, 0.15) is 42.2 Å². The van der Waals surface area contributed by atoms with Crippen LogP contribution in [0.15, 0.2) is 54.6 Å². The van der Waals surface area contributed by atoms with Crippen LogP contribution in [0, 0.1) is 0 Å². The third-order valence-electron chi connectivity index (χ3n) is 4.46. The van der Waals surface area contributed by atoms with E-state index in [1.165, 1.54) is 0 Å². The number of hydrogen-bond donors (Lipinski definition) is 2. The van der Waals surface area contributed by atoms with Crippen molar-refractivity contribution in [2.24, 2.45) is 0 Å². The molecule has 0 amide bonds. The van der Waals surface area contributed by atoms with Crippen LogP contribution in [0.25, 0.3) is 0 Å². The van der Waals surface area contributed by atoms with Crippen molar-refractivity contribution in [2.75, 3.05) is 0 Å². The Labute approximate surface area is 113 Å². The first-order valence-corrected chi connectivity index (χ1v) is 6.72. The van der Waals surface area contributed by atoms with Gasteiger partial charge in [0.25, 0.3) is 0 Å². The minimum absolute atomic E-state index is 0.634. The first-order chi connectivity index (χ1) is 9.21. The highest BCUT2D eigenvalue weighted by molar-refractivity contribution is 5.46. The Balaban J connectivity index is 2.20. The molecule has 2 N–H and O–H groups in total. The summed E-state index contributed by atoms with van der Waals surface area (Å²) >= 11 is 0. The number of benzene rings is 2. The second kappa shape index (κ2) is 4.48. The maximum atomic E-state index is 10.8. The molecule has 2 aromatic carbocycles. The highest BCUT2D eigenvalue weighted by atomic mass is 16.3. The van der Waals surface area contributed by atoms with Crippen molar-refractivity contribution in [3.8, 4) is 0 Å². The molecule has 2 nitrogen and oxygen atoms in total. The van der Waals surface area contributed by atoms with Gasteiger partial charge in [-0.05, 0) is 23.1 Å². The monoisotopic (exact) mass is 254 g/mol. The van der Waals surface area contributed by atoms with Crippen molar-refractivity contribution in [3.63, 3.8) is 0 Å². The van der Waals surface area contributed by atoms with Crippen molar-refractivity contribution in [3.05, 3.63) is 71.3 Å². The SMILES string of the molecule is CCC1(c2ccccc2)C(O)c2ccccc2C1O. The second-order valence-electron chi connectivity index (χ2n) is 5.19. The fraction of sp³-hybridized carbons (Fsp3) is 0.294. The molecule has 0 saturated carbocycles. The molecule has 0 radical (unpaired) electrons. The molecule has 0 heterocycles. The molecule has 0 spiro atoms. The molecule has 0 saturated heterocycles. The predicted octanol–water partition coefficient (Wildman–Crippen LogP) is 3.12. The smallest absolute Gasteiger partial charge is 0.0918 e. The summed E-state index contributed by atoms with van der Waals surface area (Å²) in [5, 5.41) is 21.5. The number of rotatable bonds is 2. The summed E-state index contributed by atoms with van der Waals surface area (Å²) in [6.07, 6.45) is -0.634. The zero-order valence-electron chi connectivity index (χ0n) is 11.0. The third kappa shape index (κ3) is 1.57. The van der Waals surface area contributed by atoms with Crippen LogP contribution in [-0.4, -0.2) is 10.2 Å². The summed E-state index contributed by atoms with van der Waals surface area (Å²) < 4.78 is 0. The van der Waals surface area contributed by atoms with Crippen LogP contribution in [0.4, 0.5) is 0 Å². The Kier molecular flexibility index (Phi) is 2.92. The average molecular weight is 254 g/mol. The van der Waals surface area contributed by atoms with Crippen LogP contribution in [-0.2, 0) is 5.41 Å². The van der Waals surface area contributed by atoms with Gasteiger partial charge in [-0.25, -0.2) is 0 Å². The minimum atomic E-state index is -0.661. The number of hydrogen-bond acceptors (Lipinski definition) is 2. The molecule has 2 unspecified atom stereocenters. The normalized spacial score (nSPS) is 29.2. The summed E-state index contributed by atoms with van der Waals surface area (Å²) in [6.45, 7) is 2.02. The van der Waals surface area contributed by atoms with Crippen LogP contribution in [0.3, 0.4) is 0 Å². The lowest BCUT2D eigenvalue weighted by Crippen LogP contribution is -2.34. The van der Waals surface area contributed by atoms with Crippen molar-refractivity contribution in [1.29, 1.82) is 0 Å². The summed E-state index contributed by atoms with van der Waals surface area (Å²) in [5.41, 5.74) is 2.06. The van der Waals surface area contributed by atoms with Crippen molar-refractivity contribution < 1.29 is 10.2 Å². The first-order valence-electron chi connectivity index (χ1n) is 6.72. The highest BCUT2D eigenvalue weighted by Gasteiger charge is 2.52. The standard InChI is InChI=1S/C17H18O2/c1-2-17(12-8-4-3-5-9-12)15(18)13-10-6-7-11-14(13)16(17)19/h3-11,15-16,18-19H,2H2,1H3. The first kappa shape index (κ1) is 12.4. The highest BCUT2D eigenvalue weighted by Crippen LogP contribution is 2.55. The average Bonchev–Trinajstić information content (AvgIpc) is 2.70. The molecule has 1 aliphatic rings. The van der Waals surface area contributed by atoms with Gasteiger partial charge in [0.1, 0.15) is 0 Å². The zero-order chi connectivity index (χ0) is 13.5. The molecule has 2 atom stereocenters. The number of aliphatic hydroxyl groups is 2. The Bertz CT molecular complexity index is 548. The number of aliphatic hydroxyl groups excluding tert-OH is 2. The van der Waals surface area contributed by atoms with Crippen molar-refractivity contribution >= 4 is 0 Å². The Hall–Kier alpha value is -1.64. The summed E-state index contributed by atoms with van der Waals surface area (Å²) in [6, 6.07) is 17.5. The van der Waals surface area contributed by atoms with E-state index in [0.29, 0.717) is 6.42 Å².